The molecule has 11 nitrogen and oxygen atoms in total. The van der Waals surface area contributed by atoms with Crippen molar-refractivity contribution in [3.05, 3.63) is 66.9 Å². The second-order valence-corrected chi connectivity index (χ2v) is 8.43. The molecule has 1 saturated heterocycles. The topological polar surface area (TPSA) is 145 Å². The quantitative estimate of drug-likeness (QED) is 0.368. The molecule has 3 aromatic heterocycles. The summed E-state index contributed by atoms with van der Waals surface area (Å²) in [5, 5.41) is 14.5. The average Bonchev–Trinajstić information content (AvgIpc) is 3.40. The highest BCUT2D eigenvalue weighted by Gasteiger charge is 2.31. The molecule has 3 aromatic rings. The highest BCUT2D eigenvalue weighted by atomic mass is 19.1. The number of halogens is 1. The Hall–Kier alpha value is -4.45. The van der Waals surface area contributed by atoms with Gasteiger partial charge in [-0.05, 0) is 37.7 Å². The van der Waals surface area contributed by atoms with Crippen molar-refractivity contribution in [2.75, 3.05) is 30.8 Å². The summed E-state index contributed by atoms with van der Waals surface area (Å²) in [7, 11) is 1.84. The normalized spacial score (nSPS) is 17.7. The minimum absolute atomic E-state index is 0.0335. The van der Waals surface area contributed by atoms with Crippen LogP contribution in [0.25, 0.3) is 11.4 Å². The van der Waals surface area contributed by atoms with Crippen molar-refractivity contribution in [1.82, 2.24) is 30.4 Å². The van der Waals surface area contributed by atoms with Gasteiger partial charge in [0.15, 0.2) is 5.82 Å². The summed E-state index contributed by atoms with van der Waals surface area (Å²) in [4.78, 5) is 47.3. The first-order valence-corrected chi connectivity index (χ1v) is 11.2. The Morgan fingerprint density at radius 1 is 1.22 bits per heavy atom. The van der Waals surface area contributed by atoms with Crippen LogP contribution in [0.3, 0.4) is 0 Å². The summed E-state index contributed by atoms with van der Waals surface area (Å²) in [6, 6.07) is 7.42. The maximum absolute atomic E-state index is 14.7. The van der Waals surface area contributed by atoms with E-state index in [1.54, 1.807) is 24.4 Å². The third-order valence-electron chi connectivity index (χ3n) is 5.65. The van der Waals surface area contributed by atoms with E-state index in [4.69, 9.17) is 0 Å². The zero-order valence-corrected chi connectivity index (χ0v) is 19.5. The number of rotatable bonds is 7. The highest BCUT2D eigenvalue weighted by Crippen LogP contribution is 2.21. The highest BCUT2D eigenvalue weighted by molar-refractivity contribution is 6.02. The minimum Gasteiger partial charge on any atom is -0.349 e. The van der Waals surface area contributed by atoms with Gasteiger partial charge in [-0.15, -0.1) is 0 Å². The van der Waals surface area contributed by atoms with Gasteiger partial charge in [0.05, 0.1) is 29.2 Å². The molecule has 0 bridgehead atoms. The van der Waals surface area contributed by atoms with Crippen LogP contribution in [0.1, 0.15) is 16.9 Å². The van der Waals surface area contributed by atoms with E-state index in [0.29, 0.717) is 30.9 Å². The average molecular weight is 493 g/mol. The Morgan fingerprint density at radius 2 is 2.06 bits per heavy atom. The van der Waals surface area contributed by atoms with Gasteiger partial charge in [-0.2, -0.15) is 5.10 Å². The van der Waals surface area contributed by atoms with Crippen LogP contribution in [-0.2, 0) is 9.59 Å². The molecule has 4 rings (SSSR count). The number of hydrogen-bond acceptors (Lipinski definition) is 7. The van der Waals surface area contributed by atoms with Crippen molar-refractivity contribution in [3.8, 4) is 11.4 Å². The van der Waals surface area contributed by atoms with Gasteiger partial charge in [-0.1, -0.05) is 12.6 Å². The van der Waals surface area contributed by atoms with E-state index in [2.05, 4.69) is 42.7 Å². The lowest BCUT2D eigenvalue weighted by atomic mass is 9.93. The number of nitrogens with zero attached hydrogens (tertiary/aromatic N) is 4. The SMILES string of the molecule is C=CC(=O)N[C@H]1C[C@@H](C(=O)Nc2cnc(NC(=O)c3cccc(-c4ccn[nH]4)n3)cc2F)CN(C)C1. The fraction of sp³-hybridized carbons (Fsp3) is 0.250. The number of amides is 3. The Bertz CT molecular complexity index is 1280. The van der Waals surface area contributed by atoms with E-state index in [9.17, 15) is 18.8 Å². The summed E-state index contributed by atoms with van der Waals surface area (Å²) in [6.07, 6.45) is 4.30. The minimum atomic E-state index is -0.756. The molecule has 1 aliphatic rings. The molecule has 186 valence electrons. The summed E-state index contributed by atoms with van der Waals surface area (Å²) < 4.78 is 14.7. The predicted octanol–water partition coefficient (Wildman–Crippen LogP) is 1.82. The number of H-pyrrole nitrogens is 1. The molecule has 12 heteroatoms. The zero-order valence-electron chi connectivity index (χ0n) is 19.5. The second-order valence-electron chi connectivity index (χ2n) is 8.43. The number of anilines is 2. The molecule has 3 amide bonds. The number of likely N-dealkylation sites (N-methyl/N-ethyl adjacent to an activating group) is 1. The molecule has 36 heavy (non-hydrogen) atoms. The van der Waals surface area contributed by atoms with Crippen molar-refractivity contribution < 1.29 is 18.8 Å². The van der Waals surface area contributed by atoms with Crippen molar-refractivity contribution in [1.29, 1.82) is 0 Å². The molecular weight excluding hydrogens is 467 g/mol. The van der Waals surface area contributed by atoms with Gasteiger partial charge in [0, 0.05) is 31.4 Å². The van der Waals surface area contributed by atoms with Crippen LogP contribution < -0.4 is 16.0 Å². The summed E-state index contributed by atoms with van der Waals surface area (Å²) in [5.74, 6) is -2.53. The number of aromatic nitrogens is 4. The van der Waals surface area contributed by atoms with E-state index in [0.717, 1.165) is 12.3 Å². The fourth-order valence-corrected chi connectivity index (χ4v) is 3.99. The van der Waals surface area contributed by atoms with Crippen LogP contribution in [0.5, 0.6) is 0 Å². The van der Waals surface area contributed by atoms with Crippen LogP contribution in [-0.4, -0.2) is 69.0 Å². The first-order chi connectivity index (χ1) is 17.3. The van der Waals surface area contributed by atoms with E-state index in [1.807, 2.05) is 11.9 Å². The van der Waals surface area contributed by atoms with Crippen LogP contribution in [0.2, 0.25) is 0 Å². The number of nitrogens with one attached hydrogen (secondary N) is 4. The number of likely N-dealkylation sites (tertiary alicyclic amines) is 1. The van der Waals surface area contributed by atoms with E-state index < -0.39 is 23.5 Å². The van der Waals surface area contributed by atoms with E-state index in [1.165, 1.54) is 12.1 Å². The van der Waals surface area contributed by atoms with Crippen LogP contribution >= 0.6 is 0 Å². The first-order valence-electron chi connectivity index (χ1n) is 11.2. The third-order valence-corrected chi connectivity index (χ3v) is 5.65. The summed E-state index contributed by atoms with van der Waals surface area (Å²) in [6.45, 7) is 4.48. The lowest BCUT2D eigenvalue weighted by Crippen LogP contribution is -2.51. The van der Waals surface area contributed by atoms with Gasteiger partial charge in [0.25, 0.3) is 5.91 Å². The molecule has 0 radical (unpaired) electrons. The summed E-state index contributed by atoms with van der Waals surface area (Å²) >= 11 is 0. The van der Waals surface area contributed by atoms with Crippen molar-refractivity contribution in [3.63, 3.8) is 0 Å². The van der Waals surface area contributed by atoms with Crippen LogP contribution in [0.4, 0.5) is 15.9 Å². The number of hydrogen-bond donors (Lipinski definition) is 4. The Morgan fingerprint density at radius 3 is 2.78 bits per heavy atom. The molecule has 2 atom stereocenters. The van der Waals surface area contributed by atoms with Gasteiger partial charge < -0.3 is 20.9 Å². The van der Waals surface area contributed by atoms with E-state index in [-0.39, 0.29) is 29.1 Å². The third kappa shape index (κ3) is 5.96. The fourth-order valence-electron chi connectivity index (χ4n) is 3.99. The zero-order chi connectivity index (χ0) is 25.7. The smallest absolute Gasteiger partial charge is 0.275 e. The molecule has 0 spiro atoms. The second kappa shape index (κ2) is 10.9. The Kier molecular flexibility index (Phi) is 7.44. The van der Waals surface area contributed by atoms with Gasteiger partial charge in [-0.25, -0.2) is 14.4 Å². The Labute approximate surface area is 206 Å². The van der Waals surface area contributed by atoms with E-state index >= 15 is 0 Å². The molecule has 1 aliphatic heterocycles. The molecule has 1 fully saturated rings. The first kappa shape index (κ1) is 24.7. The number of carbonyl (C=O) groups is 3. The van der Waals surface area contributed by atoms with Crippen molar-refractivity contribution >= 4 is 29.2 Å². The molecular formula is C24H25FN8O3. The lowest BCUT2D eigenvalue weighted by molar-refractivity contribution is -0.123. The molecule has 4 N–H and O–H groups in total. The van der Waals surface area contributed by atoms with Crippen molar-refractivity contribution in [2.24, 2.45) is 5.92 Å². The maximum atomic E-state index is 14.7. The van der Waals surface area contributed by atoms with Crippen LogP contribution in [0, 0.1) is 11.7 Å². The van der Waals surface area contributed by atoms with Gasteiger partial charge in [0.2, 0.25) is 11.8 Å². The van der Waals surface area contributed by atoms with Gasteiger partial charge in [-0.3, -0.25) is 19.5 Å². The molecule has 0 aliphatic carbocycles. The van der Waals surface area contributed by atoms with Gasteiger partial charge >= 0.3 is 0 Å². The number of pyridine rings is 2. The molecule has 0 aromatic carbocycles. The largest absolute Gasteiger partial charge is 0.349 e. The van der Waals surface area contributed by atoms with Crippen LogP contribution in [0.15, 0.2) is 55.4 Å². The number of carbonyl (C=O) groups excluding carboxylic acids is 3. The number of piperidine rings is 1. The standard InChI is InChI=1S/C24H25FN8O3/c1-3-22(34)28-15-9-14(12-33(2)13-15)23(35)30-20-11-26-21(10-16(20)25)31-24(36)19-6-4-5-17(29-19)18-7-8-27-32-18/h3-8,10-11,14-15H,1,9,12-13H2,2H3,(H,27,32)(H,28,34)(H,30,35)(H,26,31,36)/t14-,15+/m1/s1. The van der Waals surface area contributed by atoms with Gasteiger partial charge in [0.1, 0.15) is 11.5 Å². The maximum Gasteiger partial charge on any atom is 0.275 e. The monoisotopic (exact) mass is 492 g/mol. The lowest BCUT2D eigenvalue weighted by Gasteiger charge is -2.35. The molecule has 0 unspecified atom stereocenters. The predicted molar refractivity (Wildman–Crippen MR) is 130 cm³/mol. The molecule has 0 saturated carbocycles. The number of aromatic amines is 1. The molecule has 4 heterocycles. The summed E-state index contributed by atoms with van der Waals surface area (Å²) in [5.41, 5.74) is 1.17. The Balaban J connectivity index is 1.39. The van der Waals surface area contributed by atoms with Crippen molar-refractivity contribution in [2.45, 2.75) is 12.5 Å².